The van der Waals surface area contributed by atoms with Gasteiger partial charge in [-0.05, 0) is 43.7 Å². The molecule has 8 heteroatoms. The number of Topliss-reactive ketones (excluding diaryl/α,β-unsaturated/α-hetero) is 1. The molecule has 0 aliphatic rings. The molecular formula is C17H13ClN4OS2. The number of halogens is 1. The summed E-state index contributed by atoms with van der Waals surface area (Å²) >= 11 is 8.87. The lowest BCUT2D eigenvalue weighted by molar-refractivity contribution is 0.102. The number of benzene rings is 1. The smallest absolute Gasteiger partial charge is 0.197 e. The molecule has 0 fully saturated rings. The Morgan fingerprint density at radius 2 is 2.00 bits per heavy atom. The van der Waals surface area contributed by atoms with E-state index in [0.717, 1.165) is 15.9 Å². The normalized spacial score (nSPS) is 11.5. The number of carbonyl (C=O) groups excluding carboxylic acids is 1. The summed E-state index contributed by atoms with van der Waals surface area (Å²) in [5.41, 5.74) is 2.60. The fourth-order valence-electron chi connectivity index (χ4n) is 2.57. The van der Waals surface area contributed by atoms with Crippen molar-refractivity contribution in [2.24, 2.45) is 0 Å². The zero-order chi connectivity index (χ0) is 17.6. The van der Waals surface area contributed by atoms with Gasteiger partial charge in [-0.3, -0.25) is 9.20 Å². The molecule has 3 aromatic heterocycles. The molecular weight excluding hydrogens is 376 g/mol. The van der Waals surface area contributed by atoms with Crippen LogP contribution in [0.15, 0.2) is 35.7 Å². The van der Waals surface area contributed by atoms with E-state index in [-0.39, 0.29) is 11.5 Å². The molecule has 0 radical (unpaired) electrons. The third-order valence-electron chi connectivity index (χ3n) is 4.04. The second kappa shape index (κ2) is 6.40. The van der Waals surface area contributed by atoms with Crippen molar-refractivity contribution in [1.82, 2.24) is 19.6 Å². The summed E-state index contributed by atoms with van der Waals surface area (Å²) in [4.78, 5) is 19.0. The molecule has 4 aromatic rings. The molecule has 4 rings (SSSR count). The Hall–Kier alpha value is -1.96. The minimum Gasteiger partial charge on any atom is -0.293 e. The van der Waals surface area contributed by atoms with Gasteiger partial charge in [-0.15, -0.1) is 21.5 Å². The van der Waals surface area contributed by atoms with Crippen LogP contribution in [0.2, 0.25) is 5.02 Å². The first kappa shape index (κ1) is 16.5. The van der Waals surface area contributed by atoms with Crippen LogP contribution in [0, 0.1) is 13.8 Å². The van der Waals surface area contributed by atoms with E-state index in [1.165, 1.54) is 22.2 Å². The Balaban J connectivity index is 1.63. The second-order valence-electron chi connectivity index (χ2n) is 5.60. The number of aryl methyl sites for hydroxylation is 2. The highest BCUT2D eigenvalue weighted by Gasteiger charge is 2.16. The van der Waals surface area contributed by atoms with Crippen molar-refractivity contribution in [1.29, 1.82) is 0 Å². The number of carbonyl (C=O) groups is 1. The fraction of sp³-hybridized carbons (Fsp3) is 0.176. The summed E-state index contributed by atoms with van der Waals surface area (Å²) < 4.78 is 1.85. The maximum absolute atomic E-state index is 12.3. The predicted octanol–water partition coefficient (Wildman–Crippen LogP) is 4.58. The molecule has 0 N–H and O–H groups in total. The maximum atomic E-state index is 12.3. The first-order valence-corrected chi connectivity index (χ1v) is 9.73. The van der Waals surface area contributed by atoms with Crippen LogP contribution in [0.5, 0.6) is 0 Å². The summed E-state index contributed by atoms with van der Waals surface area (Å²) in [5, 5.41) is 10.9. The van der Waals surface area contributed by atoms with Gasteiger partial charge in [0.25, 0.3) is 0 Å². The lowest BCUT2D eigenvalue weighted by Gasteiger charge is -2.01. The van der Waals surface area contributed by atoms with Crippen LogP contribution in [-0.2, 0) is 0 Å². The van der Waals surface area contributed by atoms with Crippen LogP contribution in [-0.4, -0.2) is 31.1 Å². The van der Waals surface area contributed by atoms with Crippen LogP contribution in [0.1, 0.15) is 20.8 Å². The molecule has 0 aliphatic heterocycles. The molecule has 0 bridgehead atoms. The van der Waals surface area contributed by atoms with Crippen LogP contribution in [0.3, 0.4) is 0 Å². The molecule has 3 heterocycles. The molecule has 0 aliphatic carbocycles. The average Bonchev–Trinajstić information content (AvgIpc) is 3.14. The van der Waals surface area contributed by atoms with Crippen molar-refractivity contribution in [3.8, 4) is 0 Å². The largest absolute Gasteiger partial charge is 0.293 e. The quantitative estimate of drug-likeness (QED) is 0.378. The number of ketones is 1. The summed E-state index contributed by atoms with van der Waals surface area (Å²) in [6.45, 7) is 4.15. The number of hydrogen-bond acceptors (Lipinski definition) is 6. The molecule has 126 valence electrons. The van der Waals surface area contributed by atoms with Gasteiger partial charge >= 0.3 is 0 Å². The number of fused-ring (bicyclic) bond motifs is 3. The van der Waals surface area contributed by atoms with Crippen molar-refractivity contribution in [3.63, 3.8) is 0 Å². The Morgan fingerprint density at radius 3 is 2.76 bits per heavy atom. The lowest BCUT2D eigenvalue weighted by Crippen LogP contribution is -2.03. The number of hydrogen-bond donors (Lipinski definition) is 0. The standard InChI is InChI=1S/C17H13ClN4OS2/c1-9-10(2)25-16-14(9)15-20-21-17(22(15)8-19-16)24-7-13(23)11-3-5-12(18)6-4-11/h3-6,8H,7H2,1-2H3. The van der Waals surface area contributed by atoms with E-state index in [1.54, 1.807) is 41.9 Å². The Bertz CT molecular complexity index is 1100. The lowest BCUT2D eigenvalue weighted by atomic mass is 10.1. The van der Waals surface area contributed by atoms with Crippen molar-refractivity contribution in [3.05, 3.63) is 51.6 Å². The highest BCUT2D eigenvalue weighted by Crippen LogP contribution is 2.32. The minimum absolute atomic E-state index is 0.0232. The zero-order valence-electron chi connectivity index (χ0n) is 13.5. The molecule has 0 amide bonds. The van der Waals surface area contributed by atoms with E-state index in [0.29, 0.717) is 15.7 Å². The average molecular weight is 389 g/mol. The molecule has 0 unspecified atom stereocenters. The molecule has 5 nitrogen and oxygen atoms in total. The first-order valence-electron chi connectivity index (χ1n) is 7.55. The topological polar surface area (TPSA) is 60.2 Å². The SMILES string of the molecule is Cc1sc2ncn3c(SCC(=O)c4ccc(Cl)cc4)nnc3c2c1C. The monoisotopic (exact) mass is 388 g/mol. The first-order chi connectivity index (χ1) is 12.0. The van der Waals surface area contributed by atoms with Gasteiger partial charge < -0.3 is 0 Å². The minimum atomic E-state index is 0.0232. The van der Waals surface area contributed by atoms with Gasteiger partial charge in [-0.1, -0.05) is 23.4 Å². The zero-order valence-corrected chi connectivity index (χ0v) is 15.9. The van der Waals surface area contributed by atoms with Crippen LogP contribution in [0.25, 0.3) is 15.9 Å². The van der Waals surface area contributed by atoms with E-state index < -0.39 is 0 Å². The number of thiophene rings is 1. The van der Waals surface area contributed by atoms with E-state index in [9.17, 15) is 4.79 Å². The molecule has 0 atom stereocenters. The van der Waals surface area contributed by atoms with Gasteiger partial charge in [0, 0.05) is 15.5 Å². The highest BCUT2D eigenvalue weighted by atomic mass is 35.5. The Kier molecular flexibility index (Phi) is 4.23. The van der Waals surface area contributed by atoms with Gasteiger partial charge in [0.2, 0.25) is 0 Å². The van der Waals surface area contributed by atoms with E-state index in [1.807, 2.05) is 4.40 Å². The Labute approximate surface area is 157 Å². The number of rotatable bonds is 4. The van der Waals surface area contributed by atoms with Gasteiger partial charge in [-0.25, -0.2) is 4.98 Å². The summed E-state index contributed by atoms with van der Waals surface area (Å²) in [5.74, 6) is 0.303. The van der Waals surface area contributed by atoms with Gasteiger partial charge in [-0.2, -0.15) is 0 Å². The highest BCUT2D eigenvalue weighted by molar-refractivity contribution is 7.99. The van der Waals surface area contributed by atoms with Crippen molar-refractivity contribution < 1.29 is 4.79 Å². The number of nitrogens with zero attached hydrogens (tertiary/aromatic N) is 4. The number of aromatic nitrogens is 4. The van der Waals surface area contributed by atoms with Gasteiger partial charge in [0.1, 0.15) is 11.2 Å². The van der Waals surface area contributed by atoms with Crippen molar-refractivity contribution >= 4 is 56.3 Å². The third kappa shape index (κ3) is 2.92. The third-order valence-corrected chi connectivity index (χ3v) is 6.35. The van der Waals surface area contributed by atoms with E-state index in [2.05, 4.69) is 29.0 Å². The van der Waals surface area contributed by atoms with E-state index >= 15 is 0 Å². The van der Waals surface area contributed by atoms with Gasteiger partial charge in [0.05, 0.1) is 11.1 Å². The summed E-state index contributed by atoms with van der Waals surface area (Å²) in [6, 6.07) is 6.90. The molecule has 25 heavy (non-hydrogen) atoms. The van der Waals surface area contributed by atoms with Crippen molar-refractivity contribution in [2.45, 2.75) is 19.0 Å². The van der Waals surface area contributed by atoms with Crippen LogP contribution in [0.4, 0.5) is 0 Å². The maximum Gasteiger partial charge on any atom is 0.197 e. The van der Waals surface area contributed by atoms with Gasteiger partial charge in [0.15, 0.2) is 16.6 Å². The number of thioether (sulfide) groups is 1. The predicted molar refractivity (Wildman–Crippen MR) is 102 cm³/mol. The van der Waals surface area contributed by atoms with E-state index in [4.69, 9.17) is 11.6 Å². The van der Waals surface area contributed by atoms with Crippen molar-refractivity contribution in [2.75, 3.05) is 5.75 Å². The molecule has 0 spiro atoms. The summed E-state index contributed by atoms with van der Waals surface area (Å²) in [7, 11) is 0. The Morgan fingerprint density at radius 1 is 1.24 bits per heavy atom. The molecule has 1 aromatic carbocycles. The summed E-state index contributed by atoms with van der Waals surface area (Å²) in [6.07, 6.45) is 1.72. The molecule has 0 saturated carbocycles. The van der Waals surface area contributed by atoms with Crippen LogP contribution >= 0.6 is 34.7 Å². The van der Waals surface area contributed by atoms with Crippen LogP contribution < -0.4 is 0 Å². The second-order valence-corrected chi connectivity index (χ2v) is 8.19. The fourth-order valence-corrected chi connectivity index (χ4v) is 4.49. The molecule has 0 saturated heterocycles.